The number of amides is 2. The van der Waals surface area contributed by atoms with E-state index < -0.39 is 30.5 Å². The Hall–Kier alpha value is -3.30. The van der Waals surface area contributed by atoms with Gasteiger partial charge in [0.25, 0.3) is 11.8 Å². The number of ether oxygens (including phenoxy) is 2. The lowest BCUT2D eigenvalue weighted by Crippen LogP contribution is -2.22. The second-order valence-corrected chi connectivity index (χ2v) is 5.00. The topological polar surface area (TPSA) is 104 Å². The molecule has 2 amide bonds. The molecule has 1 aromatic heterocycles. The van der Waals surface area contributed by atoms with E-state index in [1.165, 1.54) is 30.5 Å². The summed E-state index contributed by atoms with van der Waals surface area (Å²) in [7, 11) is 0. The lowest BCUT2D eigenvalue weighted by molar-refractivity contribution is -0.154. The van der Waals surface area contributed by atoms with Crippen LogP contribution in [0.3, 0.4) is 0 Å². The molecule has 2 rings (SSSR count). The molecule has 0 aliphatic carbocycles. The van der Waals surface area contributed by atoms with E-state index in [4.69, 9.17) is 10.5 Å². The number of carbonyl (C=O) groups is 2. The number of pyridine rings is 1. The van der Waals surface area contributed by atoms with Gasteiger partial charge in [-0.1, -0.05) is 6.07 Å². The molecule has 0 fully saturated rings. The second-order valence-electron chi connectivity index (χ2n) is 5.00. The summed E-state index contributed by atoms with van der Waals surface area (Å²) in [6.07, 6.45) is -3.35. The fourth-order valence-corrected chi connectivity index (χ4v) is 1.85. The number of anilines is 1. The maximum Gasteiger partial charge on any atom is 0.422 e. The Morgan fingerprint density at radius 2 is 1.92 bits per heavy atom. The molecule has 26 heavy (non-hydrogen) atoms. The van der Waals surface area contributed by atoms with Crippen LogP contribution in [0.15, 0.2) is 42.6 Å². The fraction of sp³-hybridized carbons (Fsp3) is 0.188. The van der Waals surface area contributed by atoms with Crippen molar-refractivity contribution in [2.75, 3.05) is 18.5 Å². The SMILES string of the molecule is NC(=O)COc1cccc(NC(=O)c2cccnc2OCC(F)(F)F)c1. The third-order valence-electron chi connectivity index (χ3n) is 2.86. The summed E-state index contributed by atoms with van der Waals surface area (Å²) in [5, 5.41) is 2.49. The van der Waals surface area contributed by atoms with Crippen LogP contribution < -0.4 is 20.5 Å². The van der Waals surface area contributed by atoms with Gasteiger partial charge >= 0.3 is 6.18 Å². The maximum atomic E-state index is 12.3. The molecule has 0 unspecified atom stereocenters. The molecule has 2 aromatic rings. The maximum absolute atomic E-state index is 12.3. The first-order valence-electron chi connectivity index (χ1n) is 7.22. The van der Waals surface area contributed by atoms with Crippen LogP contribution in [0, 0.1) is 0 Å². The Kier molecular flexibility index (Phi) is 5.99. The van der Waals surface area contributed by atoms with E-state index >= 15 is 0 Å². The van der Waals surface area contributed by atoms with Crippen LogP contribution in [-0.4, -0.2) is 36.2 Å². The number of benzene rings is 1. The summed E-state index contributed by atoms with van der Waals surface area (Å²) in [5.74, 6) is -1.55. The zero-order valence-corrected chi connectivity index (χ0v) is 13.2. The first kappa shape index (κ1) is 19.0. The van der Waals surface area contributed by atoms with Crippen LogP contribution in [0.5, 0.6) is 11.6 Å². The minimum absolute atomic E-state index is 0.166. The normalized spacial score (nSPS) is 10.9. The van der Waals surface area contributed by atoms with Crippen LogP contribution in [0.1, 0.15) is 10.4 Å². The molecule has 0 aliphatic rings. The van der Waals surface area contributed by atoms with E-state index in [1.807, 2.05) is 0 Å². The summed E-state index contributed by atoms with van der Waals surface area (Å²) in [6.45, 7) is -1.91. The van der Waals surface area contributed by atoms with Gasteiger partial charge in [-0.2, -0.15) is 13.2 Å². The third kappa shape index (κ3) is 5.96. The molecule has 1 heterocycles. The van der Waals surface area contributed by atoms with Crippen LogP contribution in [0.4, 0.5) is 18.9 Å². The second kappa shape index (κ2) is 8.19. The Balaban J connectivity index is 2.10. The van der Waals surface area contributed by atoms with Gasteiger partial charge in [0.05, 0.1) is 0 Å². The lowest BCUT2D eigenvalue weighted by Gasteiger charge is -2.12. The van der Waals surface area contributed by atoms with Crippen LogP contribution in [0.2, 0.25) is 0 Å². The van der Waals surface area contributed by atoms with Crippen molar-refractivity contribution < 1.29 is 32.2 Å². The standard InChI is InChI=1S/C16H14F3N3O4/c17-16(18,19)9-26-15-12(5-2-6-21-15)14(24)22-10-3-1-4-11(7-10)25-8-13(20)23/h1-7H,8-9H2,(H2,20,23)(H,22,24). The molecule has 138 valence electrons. The van der Waals surface area contributed by atoms with Gasteiger partial charge in [-0.25, -0.2) is 4.98 Å². The van der Waals surface area contributed by atoms with Crippen molar-refractivity contribution in [3.63, 3.8) is 0 Å². The molecule has 0 saturated heterocycles. The van der Waals surface area contributed by atoms with Crippen LogP contribution in [-0.2, 0) is 4.79 Å². The zero-order valence-electron chi connectivity index (χ0n) is 13.2. The van der Waals surface area contributed by atoms with Gasteiger partial charge in [-0.3, -0.25) is 9.59 Å². The summed E-state index contributed by atoms with van der Waals surface area (Å²) in [4.78, 5) is 26.7. The van der Waals surface area contributed by atoms with E-state index in [2.05, 4.69) is 15.0 Å². The molecule has 0 bridgehead atoms. The number of hydrogen-bond acceptors (Lipinski definition) is 5. The summed E-state index contributed by atoms with van der Waals surface area (Å²) in [6, 6.07) is 8.72. The Bertz CT molecular complexity index is 796. The van der Waals surface area contributed by atoms with Crippen molar-refractivity contribution in [2.45, 2.75) is 6.18 Å². The summed E-state index contributed by atoms with van der Waals surface area (Å²) < 4.78 is 46.6. The summed E-state index contributed by atoms with van der Waals surface area (Å²) in [5.41, 5.74) is 5.10. The van der Waals surface area contributed by atoms with Gasteiger partial charge in [0.15, 0.2) is 13.2 Å². The van der Waals surface area contributed by atoms with Gasteiger partial charge in [0.1, 0.15) is 11.3 Å². The Labute approximate surface area is 145 Å². The number of carbonyl (C=O) groups excluding carboxylic acids is 2. The van der Waals surface area contributed by atoms with E-state index in [9.17, 15) is 22.8 Å². The van der Waals surface area contributed by atoms with E-state index in [0.29, 0.717) is 5.69 Å². The molecule has 0 aliphatic heterocycles. The average molecular weight is 369 g/mol. The number of aromatic nitrogens is 1. The smallest absolute Gasteiger partial charge is 0.422 e. The highest BCUT2D eigenvalue weighted by Gasteiger charge is 2.29. The number of rotatable bonds is 7. The average Bonchev–Trinajstić information content (AvgIpc) is 2.58. The molecule has 10 heteroatoms. The predicted octanol–water partition coefficient (Wildman–Crippen LogP) is 2.14. The number of nitrogens with zero attached hydrogens (tertiary/aromatic N) is 1. The minimum atomic E-state index is -4.56. The Morgan fingerprint density at radius 1 is 1.15 bits per heavy atom. The molecule has 1 aromatic carbocycles. The van der Waals surface area contributed by atoms with Gasteiger partial charge in [0.2, 0.25) is 5.88 Å². The van der Waals surface area contributed by atoms with Crippen LogP contribution in [0.25, 0.3) is 0 Å². The monoisotopic (exact) mass is 369 g/mol. The largest absolute Gasteiger partial charge is 0.484 e. The zero-order chi connectivity index (χ0) is 19.2. The molecule has 0 atom stereocenters. The van der Waals surface area contributed by atoms with Gasteiger partial charge in [0, 0.05) is 18.0 Å². The number of hydrogen-bond donors (Lipinski definition) is 2. The molecule has 7 nitrogen and oxygen atoms in total. The number of nitrogens with one attached hydrogen (secondary N) is 1. The van der Waals surface area contributed by atoms with Crippen LogP contribution >= 0.6 is 0 Å². The van der Waals surface area contributed by atoms with Crippen molar-refractivity contribution in [3.05, 3.63) is 48.2 Å². The van der Waals surface area contributed by atoms with E-state index in [0.717, 1.165) is 0 Å². The highest BCUT2D eigenvalue weighted by atomic mass is 19.4. The molecule has 3 N–H and O–H groups in total. The molecular weight excluding hydrogens is 355 g/mol. The van der Waals surface area contributed by atoms with Crippen molar-refractivity contribution >= 4 is 17.5 Å². The predicted molar refractivity (Wildman–Crippen MR) is 84.9 cm³/mol. The lowest BCUT2D eigenvalue weighted by atomic mass is 10.2. The fourth-order valence-electron chi connectivity index (χ4n) is 1.85. The number of halogens is 3. The number of nitrogens with two attached hydrogens (primary N) is 1. The van der Waals surface area contributed by atoms with Gasteiger partial charge < -0.3 is 20.5 Å². The van der Waals surface area contributed by atoms with E-state index in [1.54, 1.807) is 12.1 Å². The quantitative estimate of drug-likeness (QED) is 0.778. The number of alkyl halides is 3. The van der Waals surface area contributed by atoms with Crippen molar-refractivity contribution in [1.29, 1.82) is 0 Å². The van der Waals surface area contributed by atoms with Crippen molar-refractivity contribution in [3.8, 4) is 11.6 Å². The van der Waals surface area contributed by atoms with Crippen molar-refractivity contribution in [2.24, 2.45) is 5.73 Å². The number of primary amides is 1. The molecule has 0 spiro atoms. The highest BCUT2D eigenvalue weighted by Crippen LogP contribution is 2.22. The van der Waals surface area contributed by atoms with Gasteiger partial charge in [-0.05, 0) is 24.3 Å². The first-order chi connectivity index (χ1) is 12.2. The van der Waals surface area contributed by atoms with Gasteiger partial charge in [-0.15, -0.1) is 0 Å². The highest BCUT2D eigenvalue weighted by molar-refractivity contribution is 6.05. The van der Waals surface area contributed by atoms with Crippen molar-refractivity contribution in [1.82, 2.24) is 4.98 Å². The summed E-state index contributed by atoms with van der Waals surface area (Å²) >= 11 is 0. The Morgan fingerprint density at radius 3 is 2.62 bits per heavy atom. The van der Waals surface area contributed by atoms with E-state index in [-0.39, 0.29) is 17.9 Å². The molecule has 0 saturated carbocycles. The minimum Gasteiger partial charge on any atom is -0.484 e. The molecule has 0 radical (unpaired) electrons. The molecular formula is C16H14F3N3O4. The third-order valence-corrected chi connectivity index (χ3v) is 2.86. The first-order valence-corrected chi connectivity index (χ1v) is 7.22.